The summed E-state index contributed by atoms with van der Waals surface area (Å²) in [6.07, 6.45) is 4.85. The number of aliphatic hydroxyl groups is 1. The molecule has 0 radical (unpaired) electrons. The molecule has 1 unspecified atom stereocenters. The van der Waals surface area contributed by atoms with Crippen molar-refractivity contribution in [3.05, 3.63) is 35.9 Å². The third kappa shape index (κ3) is 4.31. The molecule has 0 aromatic heterocycles. The first-order valence-electron chi connectivity index (χ1n) is 6.40. The topological polar surface area (TPSA) is 37.3 Å². The van der Waals surface area contributed by atoms with Crippen molar-refractivity contribution >= 4 is 5.78 Å². The number of unbranched alkanes of at least 4 members (excludes halogenated alkanes) is 3. The number of hydrogen-bond acceptors (Lipinski definition) is 2. The zero-order chi connectivity index (χ0) is 12.7. The van der Waals surface area contributed by atoms with Gasteiger partial charge in [0.2, 0.25) is 0 Å². The zero-order valence-corrected chi connectivity index (χ0v) is 10.8. The van der Waals surface area contributed by atoms with Gasteiger partial charge < -0.3 is 5.11 Å². The molecular formula is C15H22O2. The van der Waals surface area contributed by atoms with E-state index in [9.17, 15) is 9.90 Å². The summed E-state index contributed by atoms with van der Waals surface area (Å²) in [5, 5.41) is 10.2. The highest BCUT2D eigenvalue weighted by Gasteiger charge is 2.30. The summed E-state index contributed by atoms with van der Waals surface area (Å²) in [7, 11) is 0. The minimum absolute atomic E-state index is 0.172. The average Bonchev–Trinajstić information content (AvgIpc) is 2.35. The number of carbonyl (C=O) groups is 1. The lowest BCUT2D eigenvalue weighted by Gasteiger charge is -2.21. The molecule has 0 saturated heterocycles. The highest BCUT2D eigenvalue weighted by Crippen LogP contribution is 2.20. The van der Waals surface area contributed by atoms with E-state index in [1.54, 1.807) is 19.1 Å². The van der Waals surface area contributed by atoms with Crippen molar-refractivity contribution in [2.24, 2.45) is 0 Å². The third-order valence-electron chi connectivity index (χ3n) is 3.04. The van der Waals surface area contributed by atoms with Gasteiger partial charge in [-0.15, -0.1) is 0 Å². The lowest BCUT2D eigenvalue weighted by molar-refractivity contribution is 0.0355. The second-order valence-corrected chi connectivity index (χ2v) is 4.78. The minimum atomic E-state index is -1.23. The average molecular weight is 234 g/mol. The molecule has 1 rings (SSSR count). The fraction of sp³-hybridized carbons (Fsp3) is 0.533. The van der Waals surface area contributed by atoms with E-state index >= 15 is 0 Å². The highest BCUT2D eigenvalue weighted by atomic mass is 16.3. The van der Waals surface area contributed by atoms with E-state index in [-0.39, 0.29) is 5.78 Å². The first-order chi connectivity index (χ1) is 8.08. The van der Waals surface area contributed by atoms with Gasteiger partial charge in [0.25, 0.3) is 0 Å². The van der Waals surface area contributed by atoms with Crippen molar-refractivity contribution in [2.75, 3.05) is 0 Å². The third-order valence-corrected chi connectivity index (χ3v) is 3.04. The Bertz CT molecular complexity index is 341. The van der Waals surface area contributed by atoms with Gasteiger partial charge in [-0.1, -0.05) is 62.9 Å². The van der Waals surface area contributed by atoms with Gasteiger partial charge in [0.15, 0.2) is 5.78 Å². The zero-order valence-electron chi connectivity index (χ0n) is 10.8. The first kappa shape index (κ1) is 13.9. The maximum absolute atomic E-state index is 12.1. The van der Waals surface area contributed by atoms with E-state index in [4.69, 9.17) is 0 Å². The SMILES string of the molecule is CCCCCCC(C)(O)C(=O)c1ccccc1. The van der Waals surface area contributed by atoms with Crippen LogP contribution in [0.1, 0.15) is 56.3 Å². The quantitative estimate of drug-likeness (QED) is 0.578. The fourth-order valence-electron chi connectivity index (χ4n) is 1.91. The molecule has 0 fully saturated rings. The molecule has 0 saturated carbocycles. The molecule has 0 heterocycles. The maximum atomic E-state index is 12.1. The maximum Gasteiger partial charge on any atom is 0.194 e. The van der Waals surface area contributed by atoms with E-state index in [0.717, 1.165) is 25.7 Å². The lowest BCUT2D eigenvalue weighted by atomic mass is 9.89. The molecule has 1 atom stereocenters. The van der Waals surface area contributed by atoms with Gasteiger partial charge in [0.05, 0.1) is 0 Å². The van der Waals surface area contributed by atoms with E-state index in [0.29, 0.717) is 12.0 Å². The predicted molar refractivity (Wildman–Crippen MR) is 70.2 cm³/mol. The Morgan fingerprint density at radius 3 is 2.41 bits per heavy atom. The molecule has 1 aromatic carbocycles. The van der Waals surface area contributed by atoms with Crippen LogP contribution in [0, 0.1) is 0 Å². The summed E-state index contributed by atoms with van der Waals surface area (Å²) >= 11 is 0. The molecule has 17 heavy (non-hydrogen) atoms. The van der Waals surface area contributed by atoms with Crippen LogP contribution in [-0.2, 0) is 0 Å². The molecule has 94 valence electrons. The van der Waals surface area contributed by atoms with Gasteiger partial charge in [-0.3, -0.25) is 4.79 Å². The Kier molecular flexibility index (Phi) is 5.36. The molecule has 0 aliphatic carbocycles. The van der Waals surface area contributed by atoms with Gasteiger partial charge in [-0.05, 0) is 13.3 Å². The summed E-state index contributed by atoms with van der Waals surface area (Å²) in [4.78, 5) is 12.1. The highest BCUT2D eigenvalue weighted by molar-refractivity contribution is 6.01. The Morgan fingerprint density at radius 2 is 1.82 bits per heavy atom. The largest absolute Gasteiger partial charge is 0.382 e. The van der Waals surface area contributed by atoms with Crippen LogP contribution >= 0.6 is 0 Å². The second-order valence-electron chi connectivity index (χ2n) is 4.78. The van der Waals surface area contributed by atoms with Crippen LogP contribution < -0.4 is 0 Å². The first-order valence-corrected chi connectivity index (χ1v) is 6.40. The molecule has 1 aromatic rings. The molecular weight excluding hydrogens is 212 g/mol. The second kappa shape index (κ2) is 6.55. The van der Waals surface area contributed by atoms with E-state index in [2.05, 4.69) is 6.92 Å². The molecule has 2 nitrogen and oxygen atoms in total. The standard InChI is InChI=1S/C15H22O2/c1-3-4-5-9-12-15(2,17)14(16)13-10-7-6-8-11-13/h6-8,10-11,17H,3-5,9,12H2,1-2H3. The number of ketones is 1. The van der Waals surface area contributed by atoms with E-state index in [1.165, 1.54) is 0 Å². The van der Waals surface area contributed by atoms with E-state index in [1.807, 2.05) is 18.2 Å². The predicted octanol–water partition coefficient (Wildman–Crippen LogP) is 3.59. The van der Waals surface area contributed by atoms with Gasteiger partial charge >= 0.3 is 0 Å². The monoisotopic (exact) mass is 234 g/mol. The molecule has 0 amide bonds. The number of benzene rings is 1. The van der Waals surface area contributed by atoms with Crippen LogP contribution in [0.15, 0.2) is 30.3 Å². The molecule has 0 spiro atoms. The summed E-state index contributed by atoms with van der Waals surface area (Å²) in [5.41, 5.74) is -0.636. The molecule has 0 bridgehead atoms. The van der Waals surface area contributed by atoms with Gasteiger partial charge in [0.1, 0.15) is 5.60 Å². The summed E-state index contributed by atoms with van der Waals surface area (Å²) in [5.74, 6) is -0.172. The summed E-state index contributed by atoms with van der Waals surface area (Å²) in [6, 6.07) is 9.01. The van der Waals surface area contributed by atoms with Crippen molar-refractivity contribution in [1.29, 1.82) is 0 Å². The normalized spacial score (nSPS) is 14.3. The van der Waals surface area contributed by atoms with Crippen LogP contribution in [0.2, 0.25) is 0 Å². The Labute approximate surface area is 104 Å². The Morgan fingerprint density at radius 1 is 1.18 bits per heavy atom. The van der Waals surface area contributed by atoms with Crippen LogP contribution in [-0.4, -0.2) is 16.5 Å². The van der Waals surface area contributed by atoms with Gasteiger partial charge in [-0.2, -0.15) is 0 Å². The van der Waals surface area contributed by atoms with Crippen LogP contribution in [0.3, 0.4) is 0 Å². The molecule has 0 aliphatic rings. The van der Waals surface area contributed by atoms with Gasteiger partial charge in [-0.25, -0.2) is 0 Å². The van der Waals surface area contributed by atoms with Crippen molar-refractivity contribution in [3.8, 4) is 0 Å². The van der Waals surface area contributed by atoms with Crippen molar-refractivity contribution in [2.45, 2.75) is 51.6 Å². The number of hydrogen-bond donors (Lipinski definition) is 1. The van der Waals surface area contributed by atoms with E-state index < -0.39 is 5.60 Å². The molecule has 1 N–H and O–H groups in total. The summed E-state index contributed by atoms with van der Waals surface area (Å²) < 4.78 is 0. The van der Waals surface area contributed by atoms with Crippen molar-refractivity contribution < 1.29 is 9.90 Å². The van der Waals surface area contributed by atoms with Crippen LogP contribution in [0.4, 0.5) is 0 Å². The van der Waals surface area contributed by atoms with Gasteiger partial charge in [0, 0.05) is 5.56 Å². The Hall–Kier alpha value is -1.15. The molecule has 2 heteroatoms. The number of carbonyl (C=O) groups excluding carboxylic acids is 1. The minimum Gasteiger partial charge on any atom is -0.382 e. The van der Waals surface area contributed by atoms with Crippen LogP contribution in [0.5, 0.6) is 0 Å². The fourth-order valence-corrected chi connectivity index (χ4v) is 1.91. The smallest absolute Gasteiger partial charge is 0.194 e. The van der Waals surface area contributed by atoms with Crippen molar-refractivity contribution in [1.82, 2.24) is 0 Å². The molecule has 0 aliphatic heterocycles. The summed E-state index contributed by atoms with van der Waals surface area (Å²) in [6.45, 7) is 3.77. The van der Waals surface area contributed by atoms with Crippen molar-refractivity contribution in [3.63, 3.8) is 0 Å². The number of Topliss-reactive ketones (excluding diaryl/α,β-unsaturated/α-hetero) is 1. The number of rotatable bonds is 7. The lowest BCUT2D eigenvalue weighted by Crippen LogP contribution is -2.35. The van der Waals surface area contributed by atoms with Crippen LogP contribution in [0.25, 0.3) is 0 Å². The Balaban J connectivity index is 2.55.